The fourth-order valence-electron chi connectivity index (χ4n) is 4.26. The molecule has 0 unspecified atom stereocenters. The lowest BCUT2D eigenvalue weighted by Gasteiger charge is -2.29. The molecule has 32 heavy (non-hydrogen) atoms. The topological polar surface area (TPSA) is 71.4 Å². The van der Waals surface area contributed by atoms with E-state index in [1.165, 1.54) is 0 Å². The molecule has 0 radical (unpaired) electrons. The SMILES string of the molecule is O=C([C@@H]1CCCN1C(=O)OCc1ccccc1)N1CCC[C@H]1C=NOCc1ccccc1. The van der Waals surface area contributed by atoms with Gasteiger partial charge in [0.1, 0.15) is 19.3 Å². The molecule has 0 spiro atoms. The average Bonchev–Trinajstić information content (AvgIpc) is 3.51. The summed E-state index contributed by atoms with van der Waals surface area (Å²) in [6.07, 6.45) is 4.48. The zero-order valence-corrected chi connectivity index (χ0v) is 18.1. The van der Waals surface area contributed by atoms with Crippen molar-refractivity contribution < 1.29 is 19.2 Å². The van der Waals surface area contributed by atoms with Crippen LogP contribution in [0.4, 0.5) is 4.79 Å². The first-order chi connectivity index (χ1) is 15.7. The number of carbonyl (C=O) groups excluding carboxylic acids is 2. The lowest BCUT2D eigenvalue weighted by atomic mass is 10.1. The van der Waals surface area contributed by atoms with Gasteiger partial charge in [-0.2, -0.15) is 0 Å². The molecule has 168 valence electrons. The van der Waals surface area contributed by atoms with Crippen LogP contribution in [0.1, 0.15) is 36.8 Å². The van der Waals surface area contributed by atoms with E-state index in [0.29, 0.717) is 26.1 Å². The normalized spacial score (nSPS) is 20.6. The van der Waals surface area contributed by atoms with Crippen molar-refractivity contribution in [3.05, 3.63) is 71.8 Å². The van der Waals surface area contributed by atoms with Gasteiger partial charge in [-0.15, -0.1) is 0 Å². The average molecular weight is 436 g/mol. The van der Waals surface area contributed by atoms with E-state index in [1.807, 2.05) is 65.6 Å². The minimum atomic E-state index is -0.475. The summed E-state index contributed by atoms with van der Waals surface area (Å²) in [6, 6.07) is 18.8. The highest BCUT2D eigenvalue weighted by atomic mass is 16.6. The Kier molecular flexibility index (Phi) is 7.38. The molecule has 7 heteroatoms. The zero-order chi connectivity index (χ0) is 22.2. The van der Waals surface area contributed by atoms with Gasteiger partial charge in [-0.3, -0.25) is 9.69 Å². The van der Waals surface area contributed by atoms with Gasteiger partial charge in [-0.05, 0) is 36.8 Å². The quantitative estimate of drug-likeness (QED) is 0.487. The van der Waals surface area contributed by atoms with E-state index in [0.717, 1.165) is 30.4 Å². The molecule has 2 amide bonds. The molecule has 2 aromatic carbocycles. The largest absolute Gasteiger partial charge is 0.445 e. The first-order valence-electron chi connectivity index (χ1n) is 11.2. The predicted molar refractivity (Wildman–Crippen MR) is 121 cm³/mol. The molecule has 2 saturated heterocycles. The number of hydrogen-bond donors (Lipinski definition) is 0. The lowest BCUT2D eigenvalue weighted by Crippen LogP contribution is -2.49. The Hall–Kier alpha value is -3.35. The van der Waals surface area contributed by atoms with E-state index in [4.69, 9.17) is 9.57 Å². The molecule has 2 heterocycles. The van der Waals surface area contributed by atoms with Gasteiger partial charge in [0.15, 0.2) is 0 Å². The van der Waals surface area contributed by atoms with E-state index < -0.39 is 12.1 Å². The molecule has 0 bridgehead atoms. The molecular formula is C25H29N3O4. The molecule has 0 aromatic heterocycles. The van der Waals surface area contributed by atoms with Crippen LogP contribution < -0.4 is 0 Å². The maximum absolute atomic E-state index is 13.3. The van der Waals surface area contributed by atoms with Crippen molar-refractivity contribution in [2.24, 2.45) is 5.16 Å². The molecule has 2 aliphatic rings. The Labute approximate surface area is 188 Å². The second-order valence-electron chi connectivity index (χ2n) is 8.15. The molecule has 2 atom stereocenters. The molecule has 2 fully saturated rings. The van der Waals surface area contributed by atoms with Gasteiger partial charge in [0, 0.05) is 13.1 Å². The van der Waals surface area contributed by atoms with Gasteiger partial charge >= 0.3 is 6.09 Å². The molecule has 2 aromatic rings. The molecule has 2 aliphatic heterocycles. The number of ether oxygens (including phenoxy) is 1. The molecule has 0 aliphatic carbocycles. The van der Waals surface area contributed by atoms with Crippen molar-refractivity contribution in [1.29, 1.82) is 0 Å². The van der Waals surface area contributed by atoms with E-state index >= 15 is 0 Å². The number of carbonyl (C=O) groups is 2. The van der Waals surface area contributed by atoms with Gasteiger partial charge in [0.2, 0.25) is 5.91 Å². The Balaban J connectivity index is 1.31. The number of hydrogen-bond acceptors (Lipinski definition) is 5. The van der Waals surface area contributed by atoms with Crippen LogP contribution in [-0.2, 0) is 27.6 Å². The Morgan fingerprint density at radius 1 is 0.875 bits per heavy atom. The van der Waals surface area contributed by atoms with Crippen LogP contribution in [0.3, 0.4) is 0 Å². The lowest BCUT2D eigenvalue weighted by molar-refractivity contribution is -0.135. The third-order valence-corrected chi connectivity index (χ3v) is 5.94. The monoisotopic (exact) mass is 435 g/mol. The molecular weight excluding hydrogens is 406 g/mol. The Morgan fingerprint density at radius 3 is 2.22 bits per heavy atom. The summed E-state index contributed by atoms with van der Waals surface area (Å²) >= 11 is 0. The first-order valence-corrected chi connectivity index (χ1v) is 11.2. The van der Waals surface area contributed by atoms with Gasteiger partial charge < -0.3 is 14.5 Å². The van der Waals surface area contributed by atoms with Crippen LogP contribution in [0.15, 0.2) is 65.8 Å². The Morgan fingerprint density at radius 2 is 1.50 bits per heavy atom. The van der Waals surface area contributed by atoms with Crippen LogP contribution in [0, 0.1) is 0 Å². The van der Waals surface area contributed by atoms with Crippen molar-refractivity contribution in [2.75, 3.05) is 13.1 Å². The summed E-state index contributed by atoms with van der Waals surface area (Å²) in [5.41, 5.74) is 1.97. The number of likely N-dealkylation sites (tertiary alicyclic amines) is 2. The minimum absolute atomic E-state index is 0.0313. The third kappa shape index (κ3) is 5.46. The van der Waals surface area contributed by atoms with Crippen molar-refractivity contribution >= 4 is 18.2 Å². The predicted octanol–water partition coefficient (Wildman–Crippen LogP) is 3.98. The standard InChI is InChI=1S/C25H29N3O4/c29-24(23-14-8-16-28(23)25(30)31-18-20-9-3-1-4-10-20)27-15-7-13-22(27)17-26-32-19-21-11-5-2-6-12-21/h1-6,9-12,17,22-23H,7-8,13-16,18-19H2/t22-,23-/m0/s1. The van der Waals surface area contributed by atoms with Gasteiger partial charge in [-0.25, -0.2) is 4.79 Å². The number of benzene rings is 2. The van der Waals surface area contributed by atoms with E-state index in [1.54, 1.807) is 11.1 Å². The second-order valence-corrected chi connectivity index (χ2v) is 8.15. The summed E-state index contributed by atoms with van der Waals surface area (Å²) in [5.74, 6) is -0.0313. The minimum Gasteiger partial charge on any atom is -0.445 e. The summed E-state index contributed by atoms with van der Waals surface area (Å²) in [6.45, 7) is 1.80. The summed E-state index contributed by atoms with van der Waals surface area (Å²) in [7, 11) is 0. The number of oxime groups is 1. The van der Waals surface area contributed by atoms with Crippen molar-refractivity contribution in [1.82, 2.24) is 9.80 Å². The van der Waals surface area contributed by atoms with Crippen LogP contribution in [0.25, 0.3) is 0 Å². The molecule has 0 N–H and O–H groups in total. The summed E-state index contributed by atoms with van der Waals surface area (Å²) in [5, 5.41) is 4.10. The highest BCUT2D eigenvalue weighted by Crippen LogP contribution is 2.25. The molecule has 4 rings (SSSR count). The maximum atomic E-state index is 13.3. The number of rotatable bonds is 7. The molecule has 0 saturated carbocycles. The highest BCUT2D eigenvalue weighted by molar-refractivity contribution is 5.88. The summed E-state index contributed by atoms with van der Waals surface area (Å²) in [4.78, 5) is 34.7. The van der Waals surface area contributed by atoms with Crippen LogP contribution in [0.5, 0.6) is 0 Å². The van der Waals surface area contributed by atoms with Crippen molar-refractivity contribution in [3.63, 3.8) is 0 Å². The van der Waals surface area contributed by atoms with Gasteiger partial charge in [0.25, 0.3) is 0 Å². The van der Waals surface area contributed by atoms with Crippen LogP contribution in [0.2, 0.25) is 0 Å². The smallest absolute Gasteiger partial charge is 0.410 e. The van der Waals surface area contributed by atoms with E-state index in [2.05, 4.69) is 5.16 Å². The van der Waals surface area contributed by atoms with Crippen LogP contribution in [-0.4, -0.2) is 53.2 Å². The van der Waals surface area contributed by atoms with E-state index in [9.17, 15) is 9.59 Å². The Bertz CT molecular complexity index is 919. The summed E-state index contributed by atoms with van der Waals surface area (Å²) < 4.78 is 5.47. The van der Waals surface area contributed by atoms with Gasteiger partial charge in [0.05, 0.1) is 12.3 Å². The number of nitrogens with zero attached hydrogens (tertiary/aromatic N) is 3. The fraction of sp³-hybridized carbons (Fsp3) is 0.400. The zero-order valence-electron chi connectivity index (χ0n) is 18.1. The fourth-order valence-corrected chi connectivity index (χ4v) is 4.26. The van der Waals surface area contributed by atoms with Crippen molar-refractivity contribution in [2.45, 2.75) is 51.0 Å². The first kappa shape index (κ1) is 21.9. The third-order valence-electron chi connectivity index (χ3n) is 5.94. The molecule has 7 nitrogen and oxygen atoms in total. The van der Waals surface area contributed by atoms with Crippen molar-refractivity contribution in [3.8, 4) is 0 Å². The van der Waals surface area contributed by atoms with Gasteiger partial charge in [-0.1, -0.05) is 65.8 Å². The maximum Gasteiger partial charge on any atom is 0.410 e. The number of amides is 2. The van der Waals surface area contributed by atoms with E-state index in [-0.39, 0.29) is 18.6 Å². The highest BCUT2D eigenvalue weighted by Gasteiger charge is 2.40. The second kappa shape index (κ2) is 10.8. The van der Waals surface area contributed by atoms with Crippen LogP contribution >= 0.6 is 0 Å².